The van der Waals surface area contributed by atoms with Gasteiger partial charge >= 0.3 is 6.18 Å². The van der Waals surface area contributed by atoms with Gasteiger partial charge in [0.15, 0.2) is 0 Å². The molecule has 2 nitrogen and oxygen atoms in total. The van der Waals surface area contributed by atoms with Gasteiger partial charge in [0.1, 0.15) is 5.82 Å². The van der Waals surface area contributed by atoms with E-state index in [2.05, 4.69) is 4.98 Å². The number of hydrogen-bond donors (Lipinski definition) is 0. The molecule has 1 aromatic heterocycles. The highest BCUT2D eigenvalue weighted by atomic mass is 35.5. The monoisotopic (exact) mass is 298 g/mol. The minimum Gasteiger partial charge on any atom is -0.355 e. The highest BCUT2D eigenvalue weighted by molar-refractivity contribution is 6.33. The van der Waals surface area contributed by atoms with Crippen LogP contribution in [0.25, 0.3) is 0 Å². The molecule has 0 radical (unpaired) electrons. The Morgan fingerprint density at radius 1 is 1.28 bits per heavy atom. The van der Waals surface area contributed by atoms with E-state index in [1.165, 1.54) is 0 Å². The van der Waals surface area contributed by atoms with Crippen molar-refractivity contribution in [3.63, 3.8) is 0 Å². The number of hydrogen-bond acceptors (Lipinski definition) is 2. The molecule has 1 aliphatic rings. The Kier molecular flexibility index (Phi) is 3.92. The summed E-state index contributed by atoms with van der Waals surface area (Å²) in [7, 11) is 0. The third kappa shape index (κ3) is 3.01. The molecule has 2 rings (SSSR count). The van der Waals surface area contributed by atoms with Crippen molar-refractivity contribution < 1.29 is 13.2 Å². The maximum Gasteiger partial charge on any atom is 0.417 e. The van der Waals surface area contributed by atoms with Gasteiger partial charge < -0.3 is 4.90 Å². The third-order valence-corrected chi connectivity index (χ3v) is 3.59. The molecule has 1 fully saturated rings. The summed E-state index contributed by atoms with van der Waals surface area (Å²) in [5.41, 5.74) is -0.830. The summed E-state index contributed by atoms with van der Waals surface area (Å²) < 4.78 is 37.4. The smallest absolute Gasteiger partial charge is 0.355 e. The van der Waals surface area contributed by atoms with Gasteiger partial charge in [-0.15, -0.1) is 11.6 Å². The number of piperidine rings is 1. The molecule has 0 amide bonds. The number of alkyl halides is 4. The lowest BCUT2D eigenvalue weighted by molar-refractivity contribution is -0.137. The fourth-order valence-electron chi connectivity index (χ4n) is 1.88. The number of aromatic nitrogens is 1. The molecule has 0 N–H and O–H groups in total. The molecule has 18 heavy (non-hydrogen) atoms. The average Bonchev–Trinajstić information content (AvgIpc) is 2.29. The highest BCUT2D eigenvalue weighted by Crippen LogP contribution is 2.34. The molecule has 7 heteroatoms. The van der Waals surface area contributed by atoms with E-state index in [0.717, 1.165) is 25.1 Å². The maximum absolute atomic E-state index is 12.5. The summed E-state index contributed by atoms with van der Waals surface area (Å²) in [5, 5.41) is 0.146. The minimum absolute atomic E-state index is 0.0258. The Bertz CT molecular complexity index is 429. The van der Waals surface area contributed by atoms with Crippen LogP contribution in [-0.4, -0.2) is 23.5 Å². The van der Waals surface area contributed by atoms with Crippen LogP contribution in [0.15, 0.2) is 12.3 Å². The molecule has 0 spiro atoms. The van der Waals surface area contributed by atoms with Crippen molar-refractivity contribution in [1.82, 2.24) is 4.98 Å². The number of rotatable bonds is 1. The Hall–Kier alpha value is -0.680. The normalized spacial score (nSPS) is 18.2. The average molecular weight is 299 g/mol. The summed E-state index contributed by atoms with van der Waals surface area (Å²) in [4.78, 5) is 5.69. The first-order chi connectivity index (χ1) is 8.38. The molecule has 100 valence electrons. The topological polar surface area (TPSA) is 16.1 Å². The number of anilines is 1. The van der Waals surface area contributed by atoms with Gasteiger partial charge in [-0.1, -0.05) is 11.6 Å². The zero-order chi connectivity index (χ0) is 13.3. The van der Waals surface area contributed by atoms with E-state index in [9.17, 15) is 13.2 Å². The molecule has 0 atom stereocenters. The molecule has 1 aliphatic heterocycles. The Morgan fingerprint density at radius 2 is 1.89 bits per heavy atom. The number of pyridine rings is 1. The van der Waals surface area contributed by atoms with Crippen LogP contribution in [0.5, 0.6) is 0 Å². The first-order valence-electron chi connectivity index (χ1n) is 5.49. The van der Waals surface area contributed by atoms with E-state index in [0.29, 0.717) is 18.9 Å². The summed E-state index contributed by atoms with van der Waals surface area (Å²) in [6.45, 7) is 1.32. The molecule has 1 aromatic rings. The molecule has 0 aliphatic carbocycles. The third-order valence-electron chi connectivity index (χ3n) is 2.87. The van der Waals surface area contributed by atoms with Gasteiger partial charge in [-0.3, -0.25) is 0 Å². The van der Waals surface area contributed by atoms with Gasteiger partial charge in [-0.25, -0.2) is 4.98 Å². The Balaban J connectivity index is 2.20. The number of halogens is 5. The summed E-state index contributed by atoms with van der Waals surface area (Å²) in [5.74, 6) is 0.397. The SMILES string of the molecule is FC(F)(F)c1cnc(N2CCC(Cl)CC2)c(Cl)c1. The molecule has 0 saturated carbocycles. The Labute approximate surface area is 113 Å². The van der Waals surface area contributed by atoms with Crippen LogP contribution >= 0.6 is 23.2 Å². The zero-order valence-electron chi connectivity index (χ0n) is 9.34. The van der Waals surface area contributed by atoms with Gasteiger partial charge in [0, 0.05) is 24.7 Å². The summed E-state index contributed by atoms with van der Waals surface area (Å²) in [6, 6.07) is 0.913. The van der Waals surface area contributed by atoms with Gasteiger partial charge in [0.05, 0.1) is 10.6 Å². The number of nitrogens with zero attached hydrogens (tertiary/aromatic N) is 2. The zero-order valence-corrected chi connectivity index (χ0v) is 10.9. The van der Waals surface area contributed by atoms with E-state index >= 15 is 0 Å². The van der Waals surface area contributed by atoms with Gasteiger partial charge in [-0.05, 0) is 18.9 Å². The Morgan fingerprint density at radius 3 is 2.39 bits per heavy atom. The van der Waals surface area contributed by atoms with Crippen molar-refractivity contribution in [2.24, 2.45) is 0 Å². The van der Waals surface area contributed by atoms with Crippen molar-refractivity contribution in [3.8, 4) is 0 Å². The predicted octanol–water partition coefficient (Wildman–Crippen LogP) is 3.96. The van der Waals surface area contributed by atoms with Crippen molar-refractivity contribution in [2.45, 2.75) is 24.4 Å². The fourth-order valence-corrected chi connectivity index (χ4v) is 2.36. The maximum atomic E-state index is 12.5. The van der Waals surface area contributed by atoms with Crippen LogP contribution in [0.3, 0.4) is 0 Å². The highest BCUT2D eigenvalue weighted by Gasteiger charge is 2.32. The van der Waals surface area contributed by atoms with Crippen LogP contribution in [-0.2, 0) is 6.18 Å². The second-order valence-corrected chi connectivity index (χ2v) is 5.21. The fraction of sp³-hybridized carbons (Fsp3) is 0.545. The molecule has 0 unspecified atom stereocenters. The standard InChI is InChI=1S/C11H11Cl2F3N2/c12-8-1-3-18(4-2-8)10-9(13)5-7(6-17-10)11(14,15)16/h5-6,8H,1-4H2. The predicted molar refractivity (Wildman–Crippen MR) is 65.3 cm³/mol. The molecule has 0 aromatic carbocycles. The first kappa shape index (κ1) is 13.7. The minimum atomic E-state index is -4.42. The summed E-state index contributed by atoms with van der Waals surface area (Å²) >= 11 is 11.8. The van der Waals surface area contributed by atoms with E-state index < -0.39 is 11.7 Å². The van der Waals surface area contributed by atoms with Crippen LogP contribution in [0, 0.1) is 0 Å². The molecule has 2 heterocycles. The van der Waals surface area contributed by atoms with E-state index in [4.69, 9.17) is 23.2 Å². The van der Waals surface area contributed by atoms with Crippen molar-refractivity contribution >= 4 is 29.0 Å². The van der Waals surface area contributed by atoms with E-state index in [1.807, 2.05) is 4.90 Å². The van der Waals surface area contributed by atoms with Crippen LogP contribution in [0.4, 0.5) is 19.0 Å². The van der Waals surface area contributed by atoms with Crippen molar-refractivity contribution in [1.29, 1.82) is 0 Å². The first-order valence-corrected chi connectivity index (χ1v) is 6.31. The molecule has 1 saturated heterocycles. The van der Waals surface area contributed by atoms with Gasteiger partial charge in [0.25, 0.3) is 0 Å². The van der Waals surface area contributed by atoms with Crippen LogP contribution in [0.2, 0.25) is 5.02 Å². The van der Waals surface area contributed by atoms with E-state index in [-0.39, 0.29) is 10.4 Å². The molecule has 0 bridgehead atoms. The second kappa shape index (κ2) is 5.13. The van der Waals surface area contributed by atoms with Gasteiger partial charge in [0.2, 0.25) is 0 Å². The largest absolute Gasteiger partial charge is 0.417 e. The second-order valence-electron chi connectivity index (χ2n) is 4.19. The quantitative estimate of drug-likeness (QED) is 0.730. The lowest BCUT2D eigenvalue weighted by atomic mass is 10.1. The molecular formula is C11H11Cl2F3N2. The molecular weight excluding hydrogens is 288 g/mol. The summed E-state index contributed by atoms with van der Waals surface area (Å²) in [6.07, 6.45) is -2.05. The van der Waals surface area contributed by atoms with E-state index in [1.54, 1.807) is 0 Å². The van der Waals surface area contributed by atoms with Crippen LogP contribution in [0.1, 0.15) is 18.4 Å². The lowest BCUT2D eigenvalue weighted by Crippen LogP contribution is -2.34. The van der Waals surface area contributed by atoms with Crippen molar-refractivity contribution in [2.75, 3.05) is 18.0 Å². The lowest BCUT2D eigenvalue weighted by Gasteiger charge is -2.30. The van der Waals surface area contributed by atoms with Crippen molar-refractivity contribution in [3.05, 3.63) is 22.8 Å². The van der Waals surface area contributed by atoms with Gasteiger partial charge in [-0.2, -0.15) is 13.2 Å². The van der Waals surface area contributed by atoms with Crippen LogP contribution < -0.4 is 4.90 Å².